The highest BCUT2D eigenvalue weighted by Crippen LogP contribution is 2.26. The van der Waals surface area contributed by atoms with E-state index in [1.807, 2.05) is 31.2 Å². The monoisotopic (exact) mass is 269 g/mol. The standard InChI is InChI=1S/C11H9BrClN/c1-7-5-8(6-13)9-3-2-4-10(12)11(9)14-7/h2-5H,6H2,1H3. The lowest BCUT2D eigenvalue weighted by Gasteiger charge is -2.05. The molecule has 0 saturated heterocycles. The molecule has 0 aliphatic rings. The van der Waals surface area contributed by atoms with Gasteiger partial charge in [-0.1, -0.05) is 12.1 Å². The highest BCUT2D eigenvalue weighted by molar-refractivity contribution is 9.10. The first-order valence-corrected chi connectivity index (χ1v) is 5.66. The van der Waals surface area contributed by atoms with Gasteiger partial charge in [-0.3, -0.25) is 4.98 Å². The number of pyridine rings is 1. The summed E-state index contributed by atoms with van der Waals surface area (Å²) < 4.78 is 1.02. The minimum absolute atomic E-state index is 0.524. The van der Waals surface area contributed by atoms with E-state index in [1.54, 1.807) is 0 Å². The van der Waals surface area contributed by atoms with E-state index in [0.29, 0.717) is 5.88 Å². The predicted octanol–water partition coefficient (Wildman–Crippen LogP) is 4.04. The van der Waals surface area contributed by atoms with Crippen LogP contribution in [0.25, 0.3) is 10.9 Å². The molecule has 2 aromatic rings. The van der Waals surface area contributed by atoms with E-state index in [1.165, 1.54) is 0 Å². The largest absolute Gasteiger partial charge is 0.252 e. The lowest BCUT2D eigenvalue weighted by molar-refractivity contribution is 1.22. The highest BCUT2D eigenvalue weighted by atomic mass is 79.9. The maximum Gasteiger partial charge on any atom is 0.0850 e. The van der Waals surface area contributed by atoms with Crippen LogP contribution in [0.15, 0.2) is 28.7 Å². The Labute approximate surface area is 96.2 Å². The van der Waals surface area contributed by atoms with E-state index < -0.39 is 0 Å². The van der Waals surface area contributed by atoms with Crippen molar-refractivity contribution in [3.63, 3.8) is 0 Å². The van der Waals surface area contributed by atoms with Crippen molar-refractivity contribution in [2.24, 2.45) is 0 Å². The van der Waals surface area contributed by atoms with E-state index >= 15 is 0 Å². The first kappa shape index (κ1) is 9.94. The number of nitrogens with zero attached hydrogens (tertiary/aromatic N) is 1. The molecule has 0 radical (unpaired) electrons. The number of rotatable bonds is 1. The number of hydrogen-bond donors (Lipinski definition) is 0. The van der Waals surface area contributed by atoms with Crippen LogP contribution in [0.4, 0.5) is 0 Å². The lowest BCUT2D eigenvalue weighted by Crippen LogP contribution is -1.90. The molecule has 0 fully saturated rings. The SMILES string of the molecule is Cc1cc(CCl)c2cccc(Br)c2n1. The molecule has 0 aliphatic heterocycles. The Kier molecular flexibility index (Phi) is 2.75. The van der Waals surface area contributed by atoms with Gasteiger partial charge in [-0.25, -0.2) is 0 Å². The predicted molar refractivity (Wildman–Crippen MR) is 63.7 cm³/mol. The van der Waals surface area contributed by atoms with E-state index in [2.05, 4.69) is 20.9 Å². The summed E-state index contributed by atoms with van der Waals surface area (Å²) in [5.74, 6) is 0.524. The minimum atomic E-state index is 0.524. The van der Waals surface area contributed by atoms with Crippen LogP contribution in [0.3, 0.4) is 0 Å². The second kappa shape index (κ2) is 3.87. The number of para-hydroxylation sites is 1. The van der Waals surface area contributed by atoms with E-state index in [0.717, 1.165) is 26.6 Å². The van der Waals surface area contributed by atoms with Gasteiger partial charge in [0, 0.05) is 21.4 Å². The smallest absolute Gasteiger partial charge is 0.0850 e. The lowest BCUT2D eigenvalue weighted by atomic mass is 10.1. The van der Waals surface area contributed by atoms with E-state index in [4.69, 9.17) is 11.6 Å². The summed E-state index contributed by atoms with van der Waals surface area (Å²) in [7, 11) is 0. The molecule has 14 heavy (non-hydrogen) atoms. The quantitative estimate of drug-likeness (QED) is 0.713. The molecule has 3 heteroatoms. The average Bonchev–Trinajstić information content (AvgIpc) is 2.18. The molecule has 0 atom stereocenters. The molecule has 1 aromatic heterocycles. The van der Waals surface area contributed by atoms with Crippen LogP contribution in [-0.4, -0.2) is 4.98 Å². The number of alkyl halides is 1. The normalized spacial score (nSPS) is 10.8. The zero-order chi connectivity index (χ0) is 10.1. The second-order valence-electron chi connectivity index (χ2n) is 3.19. The molecule has 2 rings (SSSR count). The first-order valence-electron chi connectivity index (χ1n) is 4.33. The zero-order valence-electron chi connectivity index (χ0n) is 7.72. The Hall–Kier alpha value is -0.600. The van der Waals surface area contributed by atoms with Crippen LogP contribution in [0.2, 0.25) is 0 Å². The van der Waals surface area contributed by atoms with Crippen LogP contribution >= 0.6 is 27.5 Å². The van der Waals surface area contributed by atoms with Crippen LogP contribution in [0.5, 0.6) is 0 Å². The molecule has 1 aromatic carbocycles. The molecule has 1 heterocycles. The van der Waals surface area contributed by atoms with Crippen molar-refractivity contribution in [1.29, 1.82) is 0 Å². The average molecular weight is 271 g/mol. The van der Waals surface area contributed by atoms with Gasteiger partial charge in [0.2, 0.25) is 0 Å². The summed E-state index contributed by atoms with van der Waals surface area (Å²) in [4.78, 5) is 4.48. The van der Waals surface area contributed by atoms with Crippen LogP contribution in [-0.2, 0) is 5.88 Å². The Morgan fingerprint density at radius 2 is 2.21 bits per heavy atom. The summed E-state index contributed by atoms with van der Waals surface area (Å²) in [6.45, 7) is 1.98. The van der Waals surface area contributed by atoms with Gasteiger partial charge in [0.1, 0.15) is 0 Å². The number of halogens is 2. The van der Waals surface area contributed by atoms with Crippen LogP contribution < -0.4 is 0 Å². The first-order chi connectivity index (χ1) is 6.72. The van der Waals surface area contributed by atoms with Crippen molar-refractivity contribution in [3.05, 3.63) is 40.0 Å². The second-order valence-corrected chi connectivity index (χ2v) is 4.31. The molecule has 1 nitrogen and oxygen atoms in total. The molecular weight excluding hydrogens is 261 g/mol. The van der Waals surface area contributed by atoms with Gasteiger partial charge in [-0.15, -0.1) is 11.6 Å². The molecule has 0 unspecified atom stereocenters. The number of aromatic nitrogens is 1. The molecule has 72 valence electrons. The Morgan fingerprint density at radius 3 is 2.93 bits per heavy atom. The molecule has 0 amide bonds. The van der Waals surface area contributed by atoms with Crippen molar-refractivity contribution in [2.45, 2.75) is 12.8 Å². The van der Waals surface area contributed by atoms with Crippen molar-refractivity contribution in [2.75, 3.05) is 0 Å². The van der Waals surface area contributed by atoms with Crippen molar-refractivity contribution in [1.82, 2.24) is 4.98 Å². The third-order valence-corrected chi connectivity index (χ3v) is 3.08. The fraction of sp³-hybridized carbons (Fsp3) is 0.182. The molecule has 0 N–H and O–H groups in total. The maximum atomic E-state index is 5.89. The summed E-state index contributed by atoms with van der Waals surface area (Å²) in [6.07, 6.45) is 0. The van der Waals surface area contributed by atoms with Crippen LogP contribution in [0.1, 0.15) is 11.3 Å². The molecule has 0 spiro atoms. The van der Waals surface area contributed by atoms with Crippen molar-refractivity contribution < 1.29 is 0 Å². The summed E-state index contributed by atoms with van der Waals surface area (Å²) >= 11 is 9.38. The summed E-state index contributed by atoms with van der Waals surface area (Å²) in [5, 5.41) is 1.12. The number of aryl methyl sites for hydroxylation is 1. The number of hydrogen-bond acceptors (Lipinski definition) is 1. The van der Waals surface area contributed by atoms with Gasteiger partial charge in [-0.05, 0) is 40.5 Å². The van der Waals surface area contributed by atoms with Gasteiger partial charge < -0.3 is 0 Å². The van der Waals surface area contributed by atoms with E-state index in [-0.39, 0.29) is 0 Å². The number of benzene rings is 1. The minimum Gasteiger partial charge on any atom is -0.252 e. The third kappa shape index (κ3) is 1.64. The topological polar surface area (TPSA) is 12.9 Å². The van der Waals surface area contributed by atoms with Gasteiger partial charge in [0.15, 0.2) is 0 Å². The fourth-order valence-corrected chi connectivity index (χ4v) is 2.21. The van der Waals surface area contributed by atoms with E-state index in [9.17, 15) is 0 Å². The van der Waals surface area contributed by atoms with Gasteiger partial charge in [-0.2, -0.15) is 0 Å². The molecule has 0 saturated carbocycles. The van der Waals surface area contributed by atoms with Gasteiger partial charge in [0.05, 0.1) is 5.52 Å². The molecule has 0 bridgehead atoms. The fourth-order valence-electron chi connectivity index (χ4n) is 1.54. The van der Waals surface area contributed by atoms with Crippen molar-refractivity contribution in [3.8, 4) is 0 Å². The molecular formula is C11H9BrClN. The summed E-state index contributed by atoms with van der Waals surface area (Å²) in [6, 6.07) is 8.07. The maximum absolute atomic E-state index is 5.89. The number of fused-ring (bicyclic) bond motifs is 1. The van der Waals surface area contributed by atoms with Crippen LogP contribution in [0, 0.1) is 6.92 Å². The Bertz CT molecular complexity index is 482. The Balaban J connectivity index is 2.87. The molecule has 0 aliphatic carbocycles. The third-order valence-electron chi connectivity index (χ3n) is 2.15. The van der Waals surface area contributed by atoms with Gasteiger partial charge in [0.25, 0.3) is 0 Å². The zero-order valence-corrected chi connectivity index (χ0v) is 10.1. The highest BCUT2D eigenvalue weighted by Gasteiger charge is 2.05. The summed E-state index contributed by atoms with van der Waals surface area (Å²) in [5.41, 5.74) is 3.12. The van der Waals surface area contributed by atoms with Gasteiger partial charge >= 0.3 is 0 Å². The Morgan fingerprint density at radius 1 is 1.43 bits per heavy atom. The van der Waals surface area contributed by atoms with Crippen molar-refractivity contribution >= 4 is 38.4 Å².